The van der Waals surface area contributed by atoms with Gasteiger partial charge in [0.05, 0.1) is 17.4 Å². The van der Waals surface area contributed by atoms with Gasteiger partial charge in [-0.15, -0.1) is 0 Å². The largest absolute Gasteiger partial charge is 0.434 e. The molecule has 0 saturated heterocycles. The lowest BCUT2D eigenvalue weighted by Crippen LogP contribution is -2.26. The van der Waals surface area contributed by atoms with Gasteiger partial charge in [0, 0.05) is 18.9 Å². The summed E-state index contributed by atoms with van der Waals surface area (Å²) < 4.78 is 41.5. The van der Waals surface area contributed by atoms with Crippen LogP contribution < -0.4 is 5.32 Å². The number of rotatable bonds is 4. The van der Waals surface area contributed by atoms with Gasteiger partial charge in [0.15, 0.2) is 5.69 Å². The summed E-state index contributed by atoms with van der Waals surface area (Å²) in [6.45, 7) is 1.92. The standard InChI is InChI=1S/C18H15F3N4O/c1-12-2-4-14(5-3-12)25-16(18(19,20)21)15(11-24-25)17(26)23-10-13-6-8-22-9-7-13/h2-9,11H,10H2,1H3,(H,23,26). The molecule has 2 heterocycles. The van der Waals surface area contributed by atoms with Gasteiger partial charge in [-0.1, -0.05) is 17.7 Å². The van der Waals surface area contributed by atoms with Crippen LogP contribution in [0.3, 0.4) is 0 Å². The summed E-state index contributed by atoms with van der Waals surface area (Å²) in [4.78, 5) is 16.1. The number of alkyl halides is 3. The summed E-state index contributed by atoms with van der Waals surface area (Å²) in [6, 6.07) is 9.74. The molecule has 3 rings (SSSR count). The highest BCUT2D eigenvalue weighted by Gasteiger charge is 2.40. The number of hydrogen-bond acceptors (Lipinski definition) is 3. The van der Waals surface area contributed by atoms with Crippen LogP contribution in [-0.4, -0.2) is 20.7 Å². The van der Waals surface area contributed by atoms with E-state index in [-0.39, 0.29) is 12.2 Å². The summed E-state index contributed by atoms with van der Waals surface area (Å²) in [5, 5.41) is 6.27. The second kappa shape index (κ2) is 6.99. The summed E-state index contributed by atoms with van der Waals surface area (Å²) in [5.41, 5.74) is 0.245. The number of hydrogen-bond donors (Lipinski definition) is 1. The Morgan fingerprint density at radius 3 is 2.38 bits per heavy atom. The van der Waals surface area contributed by atoms with Crippen LogP contribution in [0.2, 0.25) is 0 Å². The number of amides is 1. The quantitative estimate of drug-likeness (QED) is 0.774. The van der Waals surface area contributed by atoms with Gasteiger partial charge in [-0.25, -0.2) is 4.68 Å². The number of aryl methyl sites for hydroxylation is 1. The molecule has 1 aromatic carbocycles. The number of nitrogens with one attached hydrogen (secondary N) is 1. The van der Waals surface area contributed by atoms with E-state index in [0.29, 0.717) is 0 Å². The maximum Gasteiger partial charge on any atom is 0.434 e. The van der Waals surface area contributed by atoms with Crippen LogP contribution in [0.4, 0.5) is 13.2 Å². The minimum Gasteiger partial charge on any atom is -0.348 e. The Labute approximate surface area is 147 Å². The van der Waals surface area contributed by atoms with Crippen LogP contribution in [0.15, 0.2) is 55.0 Å². The topological polar surface area (TPSA) is 59.8 Å². The fourth-order valence-electron chi connectivity index (χ4n) is 2.45. The van der Waals surface area contributed by atoms with E-state index < -0.39 is 23.3 Å². The maximum atomic E-state index is 13.6. The SMILES string of the molecule is Cc1ccc(-n2ncc(C(=O)NCc3ccncc3)c2C(F)(F)F)cc1. The smallest absolute Gasteiger partial charge is 0.348 e. The molecule has 26 heavy (non-hydrogen) atoms. The Hall–Kier alpha value is -3.16. The molecule has 0 aliphatic heterocycles. The molecular weight excluding hydrogens is 345 g/mol. The molecule has 0 radical (unpaired) electrons. The van der Waals surface area contributed by atoms with Gasteiger partial charge >= 0.3 is 6.18 Å². The molecular formula is C18H15F3N4O. The molecule has 0 unspecified atom stereocenters. The minimum absolute atomic E-state index is 0.0916. The maximum absolute atomic E-state index is 13.6. The van der Waals surface area contributed by atoms with Gasteiger partial charge in [0.25, 0.3) is 5.91 Å². The lowest BCUT2D eigenvalue weighted by atomic mass is 10.2. The average Bonchev–Trinajstić information content (AvgIpc) is 3.07. The number of pyridine rings is 1. The Balaban J connectivity index is 1.92. The zero-order chi connectivity index (χ0) is 18.7. The van der Waals surface area contributed by atoms with Crippen molar-refractivity contribution in [1.29, 1.82) is 0 Å². The average molecular weight is 360 g/mol. The third-order valence-electron chi connectivity index (χ3n) is 3.76. The van der Waals surface area contributed by atoms with Gasteiger partial charge in [0.2, 0.25) is 0 Å². The number of aromatic nitrogens is 3. The molecule has 0 aliphatic rings. The summed E-state index contributed by atoms with van der Waals surface area (Å²) in [5.74, 6) is -0.840. The third kappa shape index (κ3) is 3.74. The van der Waals surface area contributed by atoms with Crippen LogP contribution in [0, 0.1) is 6.92 Å². The van der Waals surface area contributed by atoms with E-state index in [1.54, 1.807) is 24.3 Å². The molecule has 0 fully saturated rings. The molecule has 134 valence electrons. The summed E-state index contributed by atoms with van der Waals surface area (Å²) in [7, 11) is 0. The predicted octanol–water partition coefficient (Wildman–Crippen LogP) is 3.52. The van der Waals surface area contributed by atoms with E-state index in [2.05, 4.69) is 15.4 Å². The van der Waals surface area contributed by atoms with Crippen molar-refractivity contribution in [2.45, 2.75) is 19.6 Å². The van der Waals surface area contributed by atoms with Crippen LogP contribution in [0.5, 0.6) is 0 Å². The molecule has 0 atom stereocenters. The number of nitrogens with zero attached hydrogens (tertiary/aromatic N) is 3. The van der Waals surface area contributed by atoms with Crippen LogP contribution in [0.1, 0.15) is 27.2 Å². The highest BCUT2D eigenvalue weighted by molar-refractivity contribution is 5.95. The Morgan fingerprint density at radius 1 is 1.12 bits per heavy atom. The molecule has 8 heteroatoms. The highest BCUT2D eigenvalue weighted by atomic mass is 19.4. The molecule has 0 bridgehead atoms. The lowest BCUT2D eigenvalue weighted by molar-refractivity contribution is -0.143. The van der Waals surface area contributed by atoms with E-state index in [4.69, 9.17) is 0 Å². The summed E-state index contributed by atoms with van der Waals surface area (Å²) >= 11 is 0. The normalized spacial score (nSPS) is 11.4. The van der Waals surface area contributed by atoms with Crippen molar-refractivity contribution in [3.63, 3.8) is 0 Å². The molecule has 0 spiro atoms. The fraction of sp³-hybridized carbons (Fsp3) is 0.167. The number of carbonyl (C=O) groups is 1. The molecule has 1 N–H and O–H groups in total. The van der Waals surface area contributed by atoms with E-state index in [0.717, 1.165) is 22.0 Å². The third-order valence-corrected chi connectivity index (χ3v) is 3.76. The zero-order valence-corrected chi connectivity index (χ0v) is 13.8. The first-order valence-corrected chi connectivity index (χ1v) is 7.75. The fourth-order valence-corrected chi connectivity index (χ4v) is 2.45. The molecule has 2 aromatic heterocycles. The van der Waals surface area contributed by atoms with Crippen molar-refractivity contribution in [2.75, 3.05) is 0 Å². The minimum atomic E-state index is -4.73. The van der Waals surface area contributed by atoms with E-state index >= 15 is 0 Å². The van der Waals surface area contributed by atoms with E-state index in [1.165, 1.54) is 24.5 Å². The van der Waals surface area contributed by atoms with Gasteiger partial charge in [-0.2, -0.15) is 18.3 Å². The first kappa shape index (κ1) is 17.7. The molecule has 5 nitrogen and oxygen atoms in total. The summed E-state index contributed by atoms with van der Waals surface area (Å²) in [6.07, 6.45) is -0.717. The van der Waals surface area contributed by atoms with Crippen molar-refractivity contribution in [1.82, 2.24) is 20.1 Å². The van der Waals surface area contributed by atoms with Crippen molar-refractivity contribution >= 4 is 5.91 Å². The first-order chi connectivity index (χ1) is 12.4. The molecule has 0 saturated carbocycles. The zero-order valence-electron chi connectivity index (χ0n) is 13.8. The van der Waals surface area contributed by atoms with Crippen LogP contribution >= 0.6 is 0 Å². The van der Waals surface area contributed by atoms with Crippen molar-refractivity contribution in [3.8, 4) is 5.69 Å². The van der Waals surface area contributed by atoms with Crippen molar-refractivity contribution < 1.29 is 18.0 Å². The Morgan fingerprint density at radius 2 is 1.77 bits per heavy atom. The van der Waals surface area contributed by atoms with Crippen LogP contribution in [-0.2, 0) is 12.7 Å². The monoisotopic (exact) mass is 360 g/mol. The van der Waals surface area contributed by atoms with Crippen molar-refractivity contribution in [2.24, 2.45) is 0 Å². The van der Waals surface area contributed by atoms with Crippen molar-refractivity contribution in [3.05, 3.63) is 77.4 Å². The van der Waals surface area contributed by atoms with E-state index in [1.807, 2.05) is 6.92 Å². The second-order valence-electron chi connectivity index (χ2n) is 5.69. The number of benzene rings is 1. The Kier molecular flexibility index (Phi) is 4.75. The highest BCUT2D eigenvalue weighted by Crippen LogP contribution is 2.33. The first-order valence-electron chi connectivity index (χ1n) is 7.75. The Bertz CT molecular complexity index is 902. The van der Waals surface area contributed by atoms with Gasteiger partial charge in [-0.3, -0.25) is 9.78 Å². The molecule has 3 aromatic rings. The van der Waals surface area contributed by atoms with E-state index in [9.17, 15) is 18.0 Å². The predicted molar refractivity (Wildman–Crippen MR) is 88.7 cm³/mol. The molecule has 0 aliphatic carbocycles. The van der Waals surface area contributed by atoms with Crippen LogP contribution in [0.25, 0.3) is 5.69 Å². The lowest BCUT2D eigenvalue weighted by Gasteiger charge is -2.13. The number of halogens is 3. The van der Waals surface area contributed by atoms with Gasteiger partial charge in [0.1, 0.15) is 0 Å². The second-order valence-corrected chi connectivity index (χ2v) is 5.69. The van der Waals surface area contributed by atoms with Gasteiger partial charge < -0.3 is 5.32 Å². The number of carbonyl (C=O) groups excluding carboxylic acids is 1. The van der Waals surface area contributed by atoms with Gasteiger partial charge in [-0.05, 0) is 36.8 Å². The molecule has 1 amide bonds.